The van der Waals surface area contributed by atoms with Crippen LogP contribution in [0.4, 0.5) is 5.82 Å². The van der Waals surface area contributed by atoms with Crippen LogP contribution < -0.4 is 15.5 Å². The van der Waals surface area contributed by atoms with Crippen LogP contribution in [0.2, 0.25) is 0 Å². The van der Waals surface area contributed by atoms with Gasteiger partial charge in [-0.1, -0.05) is 30.3 Å². The van der Waals surface area contributed by atoms with Crippen LogP contribution in [0.3, 0.4) is 0 Å². The highest BCUT2D eigenvalue weighted by molar-refractivity contribution is 5.79. The zero-order valence-corrected chi connectivity index (χ0v) is 18.8. The molecule has 4 rings (SSSR count). The van der Waals surface area contributed by atoms with E-state index in [1.165, 1.54) is 56.3 Å². The third kappa shape index (κ3) is 5.97. The van der Waals surface area contributed by atoms with Crippen molar-refractivity contribution in [3.8, 4) is 0 Å². The number of benzene rings is 1. The van der Waals surface area contributed by atoms with E-state index >= 15 is 0 Å². The summed E-state index contributed by atoms with van der Waals surface area (Å²) in [7, 11) is 1.84. The number of hydrogen-bond acceptors (Lipinski definition) is 4. The second-order valence-electron chi connectivity index (χ2n) is 8.55. The van der Waals surface area contributed by atoms with Crippen LogP contribution in [0.25, 0.3) is 0 Å². The van der Waals surface area contributed by atoms with Crippen molar-refractivity contribution in [3.05, 3.63) is 59.8 Å². The summed E-state index contributed by atoms with van der Waals surface area (Å²) in [5, 5.41) is 7.05. The fourth-order valence-corrected chi connectivity index (χ4v) is 4.65. The van der Waals surface area contributed by atoms with E-state index in [2.05, 4.69) is 72.9 Å². The second kappa shape index (κ2) is 11.1. The Kier molecular flexibility index (Phi) is 7.77. The van der Waals surface area contributed by atoms with Crippen molar-refractivity contribution in [3.63, 3.8) is 0 Å². The van der Waals surface area contributed by atoms with Gasteiger partial charge in [-0.2, -0.15) is 0 Å². The van der Waals surface area contributed by atoms with Crippen LogP contribution >= 0.6 is 0 Å². The van der Waals surface area contributed by atoms with Gasteiger partial charge in [0.1, 0.15) is 5.82 Å². The van der Waals surface area contributed by atoms with Gasteiger partial charge in [0.25, 0.3) is 0 Å². The highest BCUT2D eigenvalue weighted by Gasteiger charge is 2.23. The van der Waals surface area contributed by atoms with Crippen molar-refractivity contribution >= 4 is 11.8 Å². The molecule has 1 aromatic carbocycles. The van der Waals surface area contributed by atoms with Crippen LogP contribution in [-0.2, 0) is 6.54 Å². The molecule has 2 N–H and O–H groups in total. The summed E-state index contributed by atoms with van der Waals surface area (Å²) in [6.45, 7) is 6.16. The van der Waals surface area contributed by atoms with Crippen LogP contribution in [0.5, 0.6) is 0 Å². The molecular weight excluding hydrogens is 384 g/mol. The lowest BCUT2D eigenvalue weighted by atomic mass is 10.1. The Balaban J connectivity index is 1.34. The van der Waals surface area contributed by atoms with Gasteiger partial charge in [-0.05, 0) is 68.5 Å². The van der Waals surface area contributed by atoms with Crippen LogP contribution in [0, 0.1) is 0 Å². The van der Waals surface area contributed by atoms with Crippen molar-refractivity contribution in [1.82, 2.24) is 20.5 Å². The Labute approximate surface area is 186 Å². The predicted octanol–water partition coefficient (Wildman–Crippen LogP) is 3.57. The van der Waals surface area contributed by atoms with Crippen LogP contribution in [-0.4, -0.2) is 55.6 Å². The topological polar surface area (TPSA) is 55.8 Å². The van der Waals surface area contributed by atoms with Crippen molar-refractivity contribution < 1.29 is 0 Å². The standard InChI is InChI=1S/C25H36N6/c1-26-25(28-19-21-12-13-27-24(18-21)31-16-6-3-7-17-31)29-20-23(30-14-8-9-15-30)22-10-4-2-5-11-22/h2,4-5,10-13,18,23H,3,6-9,14-17,19-20H2,1H3,(H2,26,28,29). The zero-order valence-electron chi connectivity index (χ0n) is 18.8. The highest BCUT2D eigenvalue weighted by atomic mass is 15.2. The molecule has 1 aromatic heterocycles. The Hall–Kier alpha value is -2.60. The van der Waals surface area contributed by atoms with Gasteiger partial charge in [0.2, 0.25) is 0 Å². The minimum absolute atomic E-state index is 0.369. The Morgan fingerprint density at radius 2 is 1.71 bits per heavy atom. The fraction of sp³-hybridized carbons (Fsp3) is 0.520. The average molecular weight is 421 g/mol. The molecule has 1 atom stereocenters. The number of pyridine rings is 1. The molecule has 0 aliphatic carbocycles. The number of hydrogen-bond donors (Lipinski definition) is 2. The van der Waals surface area contributed by atoms with Crippen LogP contribution in [0.15, 0.2) is 53.7 Å². The second-order valence-corrected chi connectivity index (χ2v) is 8.55. The normalized spacial score (nSPS) is 18.7. The maximum Gasteiger partial charge on any atom is 0.191 e. The largest absolute Gasteiger partial charge is 0.357 e. The van der Waals surface area contributed by atoms with Crippen molar-refractivity contribution in [1.29, 1.82) is 0 Å². The third-order valence-corrected chi connectivity index (χ3v) is 6.40. The summed E-state index contributed by atoms with van der Waals surface area (Å²) in [6.07, 6.45) is 8.37. The van der Waals surface area contributed by atoms with E-state index in [1.807, 2.05) is 13.2 Å². The highest BCUT2D eigenvalue weighted by Crippen LogP contribution is 2.24. The summed E-state index contributed by atoms with van der Waals surface area (Å²) in [5.74, 6) is 1.94. The predicted molar refractivity (Wildman–Crippen MR) is 128 cm³/mol. The molecule has 2 aromatic rings. The number of nitrogens with zero attached hydrogens (tertiary/aromatic N) is 4. The maximum absolute atomic E-state index is 4.59. The number of anilines is 1. The maximum atomic E-state index is 4.59. The quantitative estimate of drug-likeness (QED) is 0.530. The minimum Gasteiger partial charge on any atom is -0.357 e. The number of aliphatic imine (C=N–C) groups is 1. The lowest BCUT2D eigenvalue weighted by Crippen LogP contribution is -2.42. The van der Waals surface area contributed by atoms with Crippen LogP contribution in [0.1, 0.15) is 49.3 Å². The molecule has 2 aliphatic heterocycles. The number of guanidine groups is 1. The Bertz CT molecular complexity index is 825. The van der Waals surface area contributed by atoms with Gasteiger partial charge < -0.3 is 15.5 Å². The molecular formula is C25H36N6. The first-order valence-electron chi connectivity index (χ1n) is 11.8. The van der Waals surface area contributed by atoms with Gasteiger partial charge >= 0.3 is 0 Å². The number of aromatic nitrogens is 1. The number of rotatable bonds is 7. The van der Waals surface area contributed by atoms with Gasteiger partial charge in [0.05, 0.1) is 6.04 Å². The molecule has 2 fully saturated rings. The summed E-state index contributed by atoms with van der Waals surface area (Å²) in [4.78, 5) is 14.0. The number of likely N-dealkylation sites (tertiary alicyclic amines) is 1. The molecule has 6 nitrogen and oxygen atoms in total. The lowest BCUT2D eigenvalue weighted by Gasteiger charge is -2.29. The van der Waals surface area contributed by atoms with E-state index in [-0.39, 0.29) is 0 Å². The molecule has 3 heterocycles. The first-order valence-corrected chi connectivity index (χ1v) is 11.8. The summed E-state index contributed by atoms with van der Waals surface area (Å²) < 4.78 is 0. The smallest absolute Gasteiger partial charge is 0.191 e. The van der Waals surface area contributed by atoms with Gasteiger partial charge in [-0.15, -0.1) is 0 Å². The van der Waals surface area contributed by atoms with E-state index in [0.717, 1.165) is 38.0 Å². The Morgan fingerprint density at radius 1 is 0.968 bits per heavy atom. The molecule has 0 radical (unpaired) electrons. The number of piperidine rings is 1. The molecule has 31 heavy (non-hydrogen) atoms. The molecule has 2 aliphatic rings. The SMILES string of the molecule is CN=C(NCc1ccnc(N2CCCCC2)c1)NCC(c1ccccc1)N1CCCC1. The van der Waals surface area contributed by atoms with E-state index in [0.29, 0.717) is 6.04 Å². The van der Waals surface area contributed by atoms with Gasteiger partial charge in [-0.25, -0.2) is 4.98 Å². The first-order chi connectivity index (χ1) is 15.3. The lowest BCUT2D eigenvalue weighted by molar-refractivity contribution is 0.245. The van der Waals surface area contributed by atoms with Gasteiger partial charge in [0.15, 0.2) is 5.96 Å². The molecule has 0 amide bonds. The van der Waals surface area contributed by atoms with Crippen molar-refractivity contribution in [2.45, 2.75) is 44.7 Å². The Morgan fingerprint density at radius 3 is 2.45 bits per heavy atom. The monoisotopic (exact) mass is 420 g/mol. The molecule has 2 saturated heterocycles. The van der Waals surface area contributed by atoms with Crippen molar-refractivity contribution in [2.75, 3.05) is 44.7 Å². The van der Waals surface area contributed by atoms with Gasteiger partial charge in [-0.3, -0.25) is 9.89 Å². The van der Waals surface area contributed by atoms with Crippen molar-refractivity contribution in [2.24, 2.45) is 4.99 Å². The molecule has 166 valence electrons. The number of nitrogens with one attached hydrogen (secondary N) is 2. The molecule has 0 spiro atoms. The van der Waals surface area contributed by atoms with E-state index in [9.17, 15) is 0 Å². The van der Waals surface area contributed by atoms with E-state index < -0.39 is 0 Å². The summed E-state index contributed by atoms with van der Waals surface area (Å²) >= 11 is 0. The summed E-state index contributed by atoms with van der Waals surface area (Å²) in [5.41, 5.74) is 2.60. The van der Waals surface area contributed by atoms with Gasteiger partial charge in [0, 0.05) is 39.4 Å². The van der Waals surface area contributed by atoms with E-state index in [4.69, 9.17) is 0 Å². The zero-order chi connectivity index (χ0) is 21.3. The molecule has 0 saturated carbocycles. The minimum atomic E-state index is 0.369. The molecule has 1 unspecified atom stereocenters. The first kappa shape index (κ1) is 21.6. The average Bonchev–Trinajstić information content (AvgIpc) is 3.37. The summed E-state index contributed by atoms with van der Waals surface area (Å²) in [6, 6.07) is 15.5. The fourth-order valence-electron chi connectivity index (χ4n) is 4.65. The molecule has 6 heteroatoms. The third-order valence-electron chi connectivity index (χ3n) is 6.40. The van der Waals surface area contributed by atoms with E-state index in [1.54, 1.807) is 0 Å². The molecule has 0 bridgehead atoms.